The fraction of sp³-hybridized carbons (Fsp3) is 0.625. The van der Waals surface area contributed by atoms with Crippen molar-refractivity contribution in [3.8, 4) is 0 Å². The molecule has 1 aromatic rings. The Balaban J connectivity index is 2.07. The summed E-state index contributed by atoms with van der Waals surface area (Å²) in [4.78, 5) is 3.77. The molecule has 1 heterocycles. The van der Waals surface area contributed by atoms with Gasteiger partial charge in [-0.05, 0) is 6.42 Å². The number of ether oxygens (including phenoxy) is 1. The molecule has 0 aromatic carbocycles. The van der Waals surface area contributed by atoms with Crippen LogP contribution in [0, 0.1) is 0 Å². The van der Waals surface area contributed by atoms with Crippen molar-refractivity contribution in [2.45, 2.75) is 19.1 Å². The van der Waals surface area contributed by atoms with Crippen molar-refractivity contribution < 1.29 is 17.9 Å². The number of nitrogen functional groups attached to an aromatic ring is 1. The molecule has 0 unspecified atom stereocenters. The SMILES string of the molecule is Nc1cn(CCCOCC(F)(F)F)cn1. The molecule has 7 heteroatoms. The molecule has 0 fully saturated rings. The third kappa shape index (κ3) is 5.26. The topological polar surface area (TPSA) is 53.1 Å². The Kier molecular flexibility index (Phi) is 3.96. The number of aryl methyl sites for hydroxylation is 1. The molecule has 0 radical (unpaired) electrons. The lowest BCUT2D eigenvalue weighted by molar-refractivity contribution is -0.174. The molecular weight excluding hydrogens is 211 g/mol. The molecule has 0 aliphatic rings. The largest absolute Gasteiger partial charge is 0.411 e. The van der Waals surface area contributed by atoms with Gasteiger partial charge in [-0.1, -0.05) is 0 Å². The van der Waals surface area contributed by atoms with Gasteiger partial charge in [0.15, 0.2) is 0 Å². The molecule has 2 N–H and O–H groups in total. The first-order valence-electron chi connectivity index (χ1n) is 4.39. The summed E-state index contributed by atoms with van der Waals surface area (Å²) in [6, 6.07) is 0. The van der Waals surface area contributed by atoms with Crippen LogP contribution in [-0.2, 0) is 11.3 Å². The lowest BCUT2D eigenvalue weighted by atomic mass is 10.4. The number of alkyl halides is 3. The van der Waals surface area contributed by atoms with Gasteiger partial charge in [-0.2, -0.15) is 13.2 Å². The predicted octanol–water partition coefficient (Wildman–Crippen LogP) is 1.43. The van der Waals surface area contributed by atoms with E-state index in [4.69, 9.17) is 5.73 Å². The van der Waals surface area contributed by atoms with Crippen molar-refractivity contribution in [1.82, 2.24) is 9.55 Å². The predicted molar refractivity (Wildman–Crippen MR) is 48.1 cm³/mol. The van der Waals surface area contributed by atoms with Crippen LogP contribution in [0.4, 0.5) is 19.0 Å². The molecule has 0 saturated heterocycles. The molecule has 0 amide bonds. The monoisotopic (exact) mass is 223 g/mol. The number of imidazole rings is 1. The van der Waals surface area contributed by atoms with E-state index in [1.807, 2.05) is 0 Å². The number of rotatable bonds is 5. The van der Waals surface area contributed by atoms with Crippen molar-refractivity contribution in [3.05, 3.63) is 12.5 Å². The molecule has 4 nitrogen and oxygen atoms in total. The van der Waals surface area contributed by atoms with E-state index in [-0.39, 0.29) is 6.61 Å². The maximum absolute atomic E-state index is 11.7. The maximum Gasteiger partial charge on any atom is 0.411 e. The van der Waals surface area contributed by atoms with E-state index in [1.54, 1.807) is 10.8 Å². The summed E-state index contributed by atoms with van der Waals surface area (Å²) in [6.45, 7) is -0.585. The highest BCUT2D eigenvalue weighted by molar-refractivity contribution is 5.22. The van der Waals surface area contributed by atoms with Crippen molar-refractivity contribution in [3.63, 3.8) is 0 Å². The minimum absolute atomic E-state index is 0.0671. The summed E-state index contributed by atoms with van der Waals surface area (Å²) in [5, 5.41) is 0. The van der Waals surface area contributed by atoms with Crippen LogP contribution in [0.1, 0.15) is 6.42 Å². The van der Waals surface area contributed by atoms with Gasteiger partial charge in [0, 0.05) is 19.3 Å². The Hall–Kier alpha value is -1.24. The van der Waals surface area contributed by atoms with Gasteiger partial charge in [-0.15, -0.1) is 0 Å². The number of halogens is 3. The van der Waals surface area contributed by atoms with Gasteiger partial charge in [0.2, 0.25) is 0 Å². The highest BCUT2D eigenvalue weighted by atomic mass is 19.4. The third-order valence-electron chi connectivity index (χ3n) is 1.62. The normalized spacial score (nSPS) is 11.9. The fourth-order valence-electron chi connectivity index (χ4n) is 1.04. The Morgan fingerprint density at radius 2 is 2.20 bits per heavy atom. The number of hydrogen-bond donors (Lipinski definition) is 1. The van der Waals surface area contributed by atoms with E-state index >= 15 is 0 Å². The van der Waals surface area contributed by atoms with Gasteiger partial charge in [-0.3, -0.25) is 0 Å². The summed E-state index contributed by atoms with van der Waals surface area (Å²) in [5.41, 5.74) is 5.35. The Morgan fingerprint density at radius 3 is 2.73 bits per heavy atom. The summed E-state index contributed by atoms with van der Waals surface area (Å²) >= 11 is 0. The molecule has 0 atom stereocenters. The van der Waals surface area contributed by atoms with E-state index in [0.29, 0.717) is 18.8 Å². The van der Waals surface area contributed by atoms with Crippen LogP contribution in [0.25, 0.3) is 0 Å². The standard InChI is InChI=1S/C8H12F3N3O/c9-8(10,11)5-15-3-1-2-14-4-7(12)13-6-14/h4,6H,1-3,5,12H2. The molecule has 0 aliphatic carbocycles. The zero-order chi connectivity index (χ0) is 11.3. The van der Waals surface area contributed by atoms with Crippen LogP contribution in [0.15, 0.2) is 12.5 Å². The van der Waals surface area contributed by atoms with Gasteiger partial charge < -0.3 is 15.0 Å². The zero-order valence-corrected chi connectivity index (χ0v) is 8.00. The summed E-state index contributed by atoms with van der Waals surface area (Å²) in [7, 11) is 0. The second-order valence-corrected chi connectivity index (χ2v) is 3.06. The maximum atomic E-state index is 11.7. The fourth-order valence-corrected chi connectivity index (χ4v) is 1.04. The lowest BCUT2D eigenvalue weighted by Gasteiger charge is -2.07. The quantitative estimate of drug-likeness (QED) is 0.768. The van der Waals surface area contributed by atoms with Crippen molar-refractivity contribution in [1.29, 1.82) is 0 Å². The first-order valence-corrected chi connectivity index (χ1v) is 4.39. The number of nitrogens with zero attached hydrogens (tertiary/aromatic N) is 2. The van der Waals surface area contributed by atoms with Crippen molar-refractivity contribution in [2.75, 3.05) is 18.9 Å². The average molecular weight is 223 g/mol. The first kappa shape index (κ1) is 11.8. The van der Waals surface area contributed by atoms with Crippen LogP contribution in [0.2, 0.25) is 0 Å². The van der Waals surface area contributed by atoms with Crippen LogP contribution >= 0.6 is 0 Å². The average Bonchev–Trinajstić information content (AvgIpc) is 2.49. The molecule has 1 rings (SSSR count). The molecule has 0 saturated carbocycles. The second kappa shape index (κ2) is 5.01. The molecule has 0 spiro atoms. The zero-order valence-electron chi connectivity index (χ0n) is 8.00. The molecule has 15 heavy (non-hydrogen) atoms. The Labute approximate surface area is 84.8 Å². The van der Waals surface area contributed by atoms with Gasteiger partial charge in [0.05, 0.1) is 6.33 Å². The van der Waals surface area contributed by atoms with Crippen LogP contribution in [0.5, 0.6) is 0 Å². The number of hydrogen-bond acceptors (Lipinski definition) is 3. The minimum Gasteiger partial charge on any atom is -0.382 e. The number of nitrogens with two attached hydrogens (primary N) is 1. The molecule has 1 aromatic heterocycles. The smallest absolute Gasteiger partial charge is 0.382 e. The molecule has 0 bridgehead atoms. The van der Waals surface area contributed by atoms with E-state index in [9.17, 15) is 13.2 Å². The molecule has 0 aliphatic heterocycles. The van der Waals surface area contributed by atoms with Gasteiger partial charge in [0.25, 0.3) is 0 Å². The van der Waals surface area contributed by atoms with Crippen molar-refractivity contribution >= 4 is 5.82 Å². The van der Waals surface area contributed by atoms with E-state index in [1.165, 1.54) is 6.33 Å². The summed E-state index contributed by atoms with van der Waals surface area (Å²) in [5.74, 6) is 0.395. The van der Waals surface area contributed by atoms with Gasteiger partial charge >= 0.3 is 6.18 Å². The number of aromatic nitrogens is 2. The first-order chi connectivity index (χ1) is 6.97. The second-order valence-electron chi connectivity index (χ2n) is 3.06. The van der Waals surface area contributed by atoms with Crippen LogP contribution in [0.3, 0.4) is 0 Å². The lowest BCUT2D eigenvalue weighted by Crippen LogP contribution is -2.17. The minimum atomic E-state index is -4.25. The number of anilines is 1. The van der Waals surface area contributed by atoms with E-state index in [2.05, 4.69) is 9.72 Å². The van der Waals surface area contributed by atoms with E-state index < -0.39 is 12.8 Å². The van der Waals surface area contributed by atoms with E-state index in [0.717, 1.165) is 0 Å². The van der Waals surface area contributed by atoms with Crippen LogP contribution < -0.4 is 5.73 Å². The third-order valence-corrected chi connectivity index (χ3v) is 1.62. The van der Waals surface area contributed by atoms with Gasteiger partial charge in [-0.25, -0.2) is 4.98 Å². The molecular formula is C8H12F3N3O. The van der Waals surface area contributed by atoms with Gasteiger partial charge in [0.1, 0.15) is 12.4 Å². The summed E-state index contributed by atoms with van der Waals surface area (Å²) in [6.07, 6.45) is -0.617. The van der Waals surface area contributed by atoms with Crippen LogP contribution in [-0.4, -0.2) is 28.9 Å². The molecule has 86 valence electrons. The Bertz CT molecular complexity index is 298. The van der Waals surface area contributed by atoms with Crippen molar-refractivity contribution in [2.24, 2.45) is 0 Å². The summed E-state index contributed by atoms with van der Waals surface area (Å²) < 4.78 is 41.1. The Morgan fingerprint density at radius 1 is 1.47 bits per heavy atom. The highest BCUT2D eigenvalue weighted by Gasteiger charge is 2.27. The highest BCUT2D eigenvalue weighted by Crippen LogP contribution is 2.14.